The third-order valence-corrected chi connectivity index (χ3v) is 13.9. The molecule has 0 N–H and O–H groups in total. The van der Waals surface area contributed by atoms with Crippen molar-refractivity contribution in [3.05, 3.63) is 29.0 Å². The van der Waals surface area contributed by atoms with E-state index in [0.29, 0.717) is 5.02 Å². The molecule has 1 heterocycles. The molecule has 0 aliphatic carbocycles. The van der Waals surface area contributed by atoms with Crippen molar-refractivity contribution in [1.82, 2.24) is 0 Å². The summed E-state index contributed by atoms with van der Waals surface area (Å²) in [4.78, 5) is 0. The van der Waals surface area contributed by atoms with Gasteiger partial charge in [-0.1, -0.05) is 37.8 Å². The summed E-state index contributed by atoms with van der Waals surface area (Å²) in [5, 5.41) is 0.628. The number of hydrogen-bond acceptors (Lipinski definition) is 1. The molecule has 0 saturated carbocycles. The maximum Gasteiger partial charge on any atom is 0.145 e. The van der Waals surface area contributed by atoms with Crippen molar-refractivity contribution in [2.45, 2.75) is 38.3 Å². The fourth-order valence-electron chi connectivity index (χ4n) is 2.96. The monoisotopic (exact) mass is 287 g/mol. The van der Waals surface area contributed by atoms with Crippen molar-refractivity contribution in [3.63, 3.8) is 0 Å². The predicted molar refractivity (Wildman–Crippen MR) is 78.5 cm³/mol. The van der Waals surface area contributed by atoms with E-state index in [1.165, 1.54) is 18.2 Å². The second kappa shape index (κ2) is 4.10. The van der Waals surface area contributed by atoms with Gasteiger partial charge in [0.2, 0.25) is 0 Å². The fraction of sp³-hybridized carbons (Fsp3) is 0.500. The van der Waals surface area contributed by atoms with E-state index in [9.17, 15) is 4.39 Å². The van der Waals surface area contributed by atoms with Crippen LogP contribution in [0.3, 0.4) is 0 Å². The average molecular weight is 288 g/mol. The second-order valence-corrected chi connectivity index (χ2v) is 16.1. The molecular weight excluding hydrogens is 269 g/mol. The molecule has 17 heavy (non-hydrogen) atoms. The molecule has 2 rings (SSSR count). The van der Waals surface area contributed by atoms with E-state index in [-0.39, 0.29) is 5.82 Å². The molecule has 0 radical (unpaired) electrons. The third kappa shape index (κ3) is 2.30. The molecule has 0 unspecified atom stereocenters. The Hall–Kier alpha value is -0.326. The van der Waals surface area contributed by atoms with Crippen molar-refractivity contribution in [3.8, 4) is 0 Å². The maximum absolute atomic E-state index is 14.1. The minimum absolute atomic E-state index is 0.127. The zero-order valence-electron chi connectivity index (χ0n) is 10.8. The molecule has 0 amide bonds. The Kier molecular flexibility index (Phi) is 3.17. The highest BCUT2D eigenvalue weighted by atomic mass is 35.5. The van der Waals surface area contributed by atoms with Crippen LogP contribution in [-0.2, 0) is 0 Å². The van der Waals surface area contributed by atoms with Crippen LogP contribution in [0, 0.1) is 5.82 Å². The first-order chi connectivity index (χ1) is 7.74. The molecular formula is C12H19ClFNSi2. The molecule has 1 aromatic rings. The minimum Gasteiger partial charge on any atom is -0.422 e. The van der Waals surface area contributed by atoms with Gasteiger partial charge in [-0.25, -0.2) is 4.39 Å². The molecule has 0 atom stereocenters. The number of benzene rings is 1. The topological polar surface area (TPSA) is 3.24 Å². The van der Waals surface area contributed by atoms with Gasteiger partial charge >= 0.3 is 0 Å². The van der Waals surface area contributed by atoms with Gasteiger partial charge < -0.3 is 4.23 Å². The predicted octanol–water partition coefficient (Wildman–Crippen LogP) is 4.71. The summed E-state index contributed by atoms with van der Waals surface area (Å²) in [5.41, 5.74) is 0.739. The zero-order valence-corrected chi connectivity index (χ0v) is 13.6. The quantitative estimate of drug-likeness (QED) is 0.676. The summed E-state index contributed by atoms with van der Waals surface area (Å²) in [6.45, 7) is 9.31. The highest BCUT2D eigenvalue weighted by molar-refractivity contribution is 7.04. The summed E-state index contributed by atoms with van der Waals surface area (Å²) < 4.78 is 16.5. The Balaban J connectivity index is 2.54. The first-order valence-corrected chi connectivity index (χ1v) is 12.7. The minimum atomic E-state index is -1.50. The Labute approximate surface area is 110 Å². The molecule has 1 aliphatic rings. The molecule has 1 nitrogen and oxygen atoms in total. The van der Waals surface area contributed by atoms with E-state index >= 15 is 0 Å². The smallest absolute Gasteiger partial charge is 0.145 e. The number of hydrogen-bond donors (Lipinski definition) is 0. The summed E-state index contributed by atoms with van der Waals surface area (Å²) in [6, 6.07) is 7.44. The Morgan fingerprint density at radius 3 is 2.18 bits per heavy atom. The van der Waals surface area contributed by atoms with Gasteiger partial charge in [-0.3, -0.25) is 0 Å². The van der Waals surface area contributed by atoms with E-state index in [1.807, 2.05) is 0 Å². The zero-order chi connectivity index (χ0) is 12.8. The van der Waals surface area contributed by atoms with Crippen LogP contribution >= 0.6 is 11.6 Å². The standard InChI is InChI=1S/C12H19ClFNSi2/c1-16(2)7-8-17(3,4)15(16)12-9-10(13)5-6-11(12)14/h5-6,9H,7-8H2,1-4H3. The summed E-state index contributed by atoms with van der Waals surface area (Å²) in [6.07, 6.45) is 0. The van der Waals surface area contributed by atoms with E-state index in [1.54, 1.807) is 12.1 Å². The highest BCUT2D eigenvalue weighted by Gasteiger charge is 2.48. The van der Waals surface area contributed by atoms with Crippen LogP contribution < -0.4 is 4.23 Å². The maximum atomic E-state index is 14.1. The Morgan fingerprint density at radius 1 is 1.12 bits per heavy atom. The third-order valence-electron chi connectivity index (χ3n) is 3.71. The first kappa shape index (κ1) is 13.1. The van der Waals surface area contributed by atoms with Crippen molar-refractivity contribution >= 4 is 33.8 Å². The molecule has 0 spiro atoms. The summed E-state index contributed by atoms with van der Waals surface area (Å²) in [5.74, 6) is -0.127. The van der Waals surface area contributed by atoms with Crippen molar-refractivity contribution in [1.29, 1.82) is 0 Å². The summed E-state index contributed by atoms with van der Waals surface area (Å²) in [7, 11) is -3.01. The molecule has 94 valence electrons. The van der Waals surface area contributed by atoms with Crippen molar-refractivity contribution < 1.29 is 4.39 Å². The number of halogens is 2. The SMILES string of the molecule is C[Si]1(C)CC[Si](C)(C)N1c1cc(Cl)ccc1F. The number of rotatable bonds is 1. The van der Waals surface area contributed by atoms with Gasteiger partial charge in [-0.2, -0.15) is 0 Å². The van der Waals surface area contributed by atoms with Gasteiger partial charge in [0.1, 0.15) is 22.3 Å². The van der Waals surface area contributed by atoms with Gasteiger partial charge in [0.15, 0.2) is 0 Å². The van der Waals surface area contributed by atoms with Crippen molar-refractivity contribution in [2.75, 3.05) is 4.23 Å². The highest BCUT2D eigenvalue weighted by Crippen LogP contribution is 2.42. The molecule has 0 bridgehead atoms. The van der Waals surface area contributed by atoms with Crippen LogP contribution in [0.25, 0.3) is 0 Å². The molecule has 1 aliphatic heterocycles. The number of nitrogens with zero attached hydrogens (tertiary/aromatic N) is 1. The van der Waals surface area contributed by atoms with Gasteiger partial charge in [-0.05, 0) is 30.3 Å². The lowest BCUT2D eigenvalue weighted by Gasteiger charge is -2.41. The molecule has 5 heteroatoms. The fourth-order valence-corrected chi connectivity index (χ4v) is 17.3. The van der Waals surface area contributed by atoms with E-state index in [0.717, 1.165) is 5.69 Å². The average Bonchev–Trinajstić information content (AvgIpc) is 2.41. The van der Waals surface area contributed by atoms with Crippen LogP contribution in [0.4, 0.5) is 10.1 Å². The van der Waals surface area contributed by atoms with Gasteiger partial charge in [-0.15, -0.1) is 0 Å². The van der Waals surface area contributed by atoms with Gasteiger partial charge in [0, 0.05) is 5.02 Å². The Bertz CT molecular complexity index is 432. The largest absolute Gasteiger partial charge is 0.422 e. The van der Waals surface area contributed by atoms with E-state index < -0.39 is 16.5 Å². The van der Waals surface area contributed by atoms with Gasteiger partial charge in [0.05, 0.1) is 5.69 Å². The molecule has 1 fully saturated rings. The normalized spacial score (nSPS) is 21.9. The van der Waals surface area contributed by atoms with Gasteiger partial charge in [0.25, 0.3) is 0 Å². The van der Waals surface area contributed by atoms with Crippen molar-refractivity contribution in [2.24, 2.45) is 0 Å². The van der Waals surface area contributed by atoms with E-state index in [4.69, 9.17) is 11.6 Å². The lowest BCUT2D eigenvalue weighted by molar-refractivity contribution is 0.630. The van der Waals surface area contributed by atoms with Crippen LogP contribution in [0.2, 0.25) is 43.3 Å². The van der Waals surface area contributed by atoms with Crippen LogP contribution in [-0.4, -0.2) is 16.5 Å². The van der Waals surface area contributed by atoms with Crippen LogP contribution in [0.1, 0.15) is 0 Å². The Morgan fingerprint density at radius 2 is 1.65 bits per heavy atom. The first-order valence-electron chi connectivity index (χ1n) is 5.99. The number of anilines is 1. The second-order valence-electron chi connectivity index (χ2n) is 6.06. The summed E-state index contributed by atoms with van der Waals surface area (Å²) >= 11 is 6.02. The van der Waals surface area contributed by atoms with Crippen LogP contribution in [0.5, 0.6) is 0 Å². The molecule has 0 aromatic heterocycles. The molecule has 1 saturated heterocycles. The van der Waals surface area contributed by atoms with E-state index in [2.05, 4.69) is 30.4 Å². The molecule has 1 aromatic carbocycles. The van der Waals surface area contributed by atoms with Crippen LogP contribution in [0.15, 0.2) is 18.2 Å². The lowest BCUT2D eigenvalue weighted by Crippen LogP contribution is -2.55. The lowest BCUT2D eigenvalue weighted by atomic mass is 10.3.